The SMILES string of the molecule is CC(NC(=O)c1csc(N)n1)(C(=O)O)C(F)(F)F. The molecule has 1 rings (SSSR count). The van der Waals surface area contributed by atoms with Crippen molar-refractivity contribution in [3.63, 3.8) is 0 Å². The van der Waals surface area contributed by atoms with Crippen LogP contribution in [0.1, 0.15) is 17.4 Å². The lowest BCUT2D eigenvalue weighted by Crippen LogP contribution is -2.61. The molecule has 0 bridgehead atoms. The summed E-state index contributed by atoms with van der Waals surface area (Å²) in [4.78, 5) is 25.6. The molecule has 0 aliphatic rings. The summed E-state index contributed by atoms with van der Waals surface area (Å²) in [6, 6.07) is 0. The van der Waals surface area contributed by atoms with Gasteiger partial charge in [-0.2, -0.15) is 13.2 Å². The van der Waals surface area contributed by atoms with Crippen molar-refractivity contribution in [3.8, 4) is 0 Å². The lowest BCUT2D eigenvalue weighted by molar-refractivity contribution is -0.203. The fourth-order valence-electron chi connectivity index (χ4n) is 0.929. The summed E-state index contributed by atoms with van der Waals surface area (Å²) in [5, 5.41) is 11.1. The molecule has 0 aliphatic heterocycles. The zero-order valence-electron chi connectivity index (χ0n) is 8.91. The molecule has 1 atom stereocenters. The van der Waals surface area contributed by atoms with Crippen LogP contribution in [0.4, 0.5) is 18.3 Å². The maximum Gasteiger partial charge on any atom is 0.422 e. The summed E-state index contributed by atoms with van der Waals surface area (Å²) in [6.45, 7) is 0.350. The number of halogens is 3. The number of amides is 1. The standard InChI is InChI=1S/C8H8F3N3O3S/c1-7(5(16)17,8(9,10)11)14-4(15)3-2-18-6(12)13-3/h2H,1H3,(H2,12,13)(H,14,15)(H,16,17). The Morgan fingerprint density at radius 3 is 2.39 bits per heavy atom. The Morgan fingerprint density at radius 2 is 2.06 bits per heavy atom. The second-order valence-electron chi connectivity index (χ2n) is 3.45. The van der Waals surface area contributed by atoms with Crippen LogP contribution < -0.4 is 11.1 Å². The highest BCUT2D eigenvalue weighted by molar-refractivity contribution is 7.13. The van der Waals surface area contributed by atoms with Crippen LogP contribution in [0, 0.1) is 0 Å². The van der Waals surface area contributed by atoms with Crippen molar-refractivity contribution in [2.75, 3.05) is 5.73 Å². The monoisotopic (exact) mass is 283 g/mol. The molecule has 1 unspecified atom stereocenters. The third kappa shape index (κ3) is 2.53. The van der Waals surface area contributed by atoms with Crippen LogP contribution in [-0.4, -0.2) is 33.7 Å². The van der Waals surface area contributed by atoms with Gasteiger partial charge in [-0.3, -0.25) is 4.79 Å². The topological polar surface area (TPSA) is 105 Å². The molecular weight excluding hydrogens is 275 g/mol. The molecule has 6 nitrogen and oxygen atoms in total. The van der Waals surface area contributed by atoms with Crippen LogP contribution >= 0.6 is 11.3 Å². The predicted molar refractivity (Wildman–Crippen MR) is 56.1 cm³/mol. The van der Waals surface area contributed by atoms with E-state index in [1.165, 1.54) is 5.32 Å². The molecule has 10 heteroatoms. The van der Waals surface area contributed by atoms with Crippen molar-refractivity contribution in [2.45, 2.75) is 18.6 Å². The highest BCUT2D eigenvalue weighted by atomic mass is 32.1. The summed E-state index contributed by atoms with van der Waals surface area (Å²) in [6.07, 6.45) is -5.14. The number of anilines is 1. The number of carbonyl (C=O) groups is 2. The number of carbonyl (C=O) groups excluding carboxylic acids is 1. The molecule has 4 N–H and O–H groups in total. The van der Waals surface area contributed by atoms with Crippen molar-refractivity contribution < 1.29 is 27.9 Å². The second kappa shape index (κ2) is 4.44. The van der Waals surface area contributed by atoms with Gasteiger partial charge in [0.05, 0.1) is 0 Å². The van der Waals surface area contributed by atoms with Gasteiger partial charge in [-0.1, -0.05) is 0 Å². The molecule has 0 aliphatic carbocycles. The number of aliphatic carboxylic acids is 1. The number of nitrogens with zero attached hydrogens (tertiary/aromatic N) is 1. The summed E-state index contributed by atoms with van der Waals surface area (Å²) in [5.74, 6) is -3.48. The second-order valence-corrected chi connectivity index (χ2v) is 4.34. The Labute approximate surface area is 103 Å². The van der Waals surface area contributed by atoms with Crippen molar-refractivity contribution in [1.29, 1.82) is 0 Å². The van der Waals surface area contributed by atoms with E-state index in [9.17, 15) is 22.8 Å². The first-order chi connectivity index (χ1) is 8.08. The summed E-state index contributed by atoms with van der Waals surface area (Å²) in [5.41, 5.74) is 1.46. The zero-order chi connectivity index (χ0) is 14.1. The van der Waals surface area contributed by atoms with E-state index in [4.69, 9.17) is 10.8 Å². The fraction of sp³-hybridized carbons (Fsp3) is 0.375. The Hall–Kier alpha value is -1.84. The third-order valence-corrected chi connectivity index (χ3v) is 2.79. The molecular formula is C8H8F3N3O3S. The zero-order valence-corrected chi connectivity index (χ0v) is 9.72. The van der Waals surface area contributed by atoms with Crippen molar-refractivity contribution >= 4 is 28.3 Å². The highest BCUT2D eigenvalue weighted by Crippen LogP contribution is 2.30. The molecule has 0 fully saturated rings. The molecule has 1 aromatic rings. The summed E-state index contributed by atoms with van der Waals surface area (Å²) in [7, 11) is 0. The van der Waals surface area contributed by atoms with E-state index in [0.29, 0.717) is 6.92 Å². The quantitative estimate of drug-likeness (QED) is 0.763. The average molecular weight is 283 g/mol. The van der Waals surface area contributed by atoms with E-state index in [0.717, 1.165) is 16.7 Å². The van der Waals surface area contributed by atoms with Crippen LogP contribution in [-0.2, 0) is 4.79 Å². The van der Waals surface area contributed by atoms with Gasteiger partial charge in [-0.05, 0) is 6.92 Å². The Morgan fingerprint density at radius 1 is 1.50 bits per heavy atom. The van der Waals surface area contributed by atoms with Gasteiger partial charge in [0.25, 0.3) is 5.91 Å². The number of hydrogen-bond acceptors (Lipinski definition) is 5. The lowest BCUT2D eigenvalue weighted by atomic mass is 10.0. The highest BCUT2D eigenvalue weighted by Gasteiger charge is 2.58. The van der Waals surface area contributed by atoms with Crippen LogP contribution in [0.2, 0.25) is 0 Å². The van der Waals surface area contributed by atoms with Gasteiger partial charge in [-0.25, -0.2) is 9.78 Å². The van der Waals surface area contributed by atoms with E-state index in [2.05, 4.69) is 4.98 Å². The minimum Gasteiger partial charge on any atom is -0.479 e. The van der Waals surface area contributed by atoms with Gasteiger partial charge in [0.2, 0.25) is 5.54 Å². The van der Waals surface area contributed by atoms with E-state index in [1.807, 2.05) is 0 Å². The smallest absolute Gasteiger partial charge is 0.422 e. The maximum absolute atomic E-state index is 12.6. The van der Waals surface area contributed by atoms with Crippen molar-refractivity contribution in [2.24, 2.45) is 0 Å². The van der Waals surface area contributed by atoms with Gasteiger partial charge in [0.15, 0.2) is 5.13 Å². The van der Waals surface area contributed by atoms with E-state index in [-0.39, 0.29) is 10.8 Å². The molecule has 0 saturated carbocycles. The fourth-order valence-corrected chi connectivity index (χ4v) is 1.47. The summed E-state index contributed by atoms with van der Waals surface area (Å²) < 4.78 is 37.8. The molecule has 100 valence electrons. The first-order valence-electron chi connectivity index (χ1n) is 4.41. The number of rotatable bonds is 3. The Bertz CT molecular complexity index is 487. The molecule has 1 aromatic heterocycles. The first-order valence-corrected chi connectivity index (χ1v) is 5.29. The molecule has 1 heterocycles. The minimum absolute atomic E-state index is 0.0100. The third-order valence-electron chi connectivity index (χ3n) is 2.11. The maximum atomic E-state index is 12.6. The van der Waals surface area contributed by atoms with Gasteiger partial charge in [0, 0.05) is 5.38 Å². The summed E-state index contributed by atoms with van der Waals surface area (Å²) >= 11 is 0.852. The Balaban J connectivity index is 3.00. The number of aromatic nitrogens is 1. The van der Waals surface area contributed by atoms with Crippen LogP contribution in [0.3, 0.4) is 0 Å². The molecule has 0 radical (unpaired) electrons. The number of nitrogens with two attached hydrogens (primary N) is 1. The normalized spacial score (nSPS) is 14.9. The number of hydrogen-bond donors (Lipinski definition) is 3. The number of carboxylic acids is 1. The van der Waals surface area contributed by atoms with Crippen LogP contribution in [0.5, 0.6) is 0 Å². The van der Waals surface area contributed by atoms with Gasteiger partial charge in [0.1, 0.15) is 5.69 Å². The van der Waals surface area contributed by atoms with Gasteiger partial charge >= 0.3 is 12.1 Å². The minimum atomic E-state index is -5.14. The largest absolute Gasteiger partial charge is 0.479 e. The number of nitrogen functional groups attached to an aromatic ring is 1. The molecule has 0 spiro atoms. The number of thiazole rings is 1. The first kappa shape index (κ1) is 14.2. The van der Waals surface area contributed by atoms with E-state index >= 15 is 0 Å². The number of nitrogens with one attached hydrogen (secondary N) is 1. The number of alkyl halides is 3. The van der Waals surface area contributed by atoms with Crippen molar-refractivity contribution in [1.82, 2.24) is 10.3 Å². The van der Waals surface area contributed by atoms with E-state index in [1.54, 1.807) is 0 Å². The van der Waals surface area contributed by atoms with Gasteiger partial charge in [-0.15, -0.1) is 11.3 Å². The molecule has 18 heavy (non-hydrogen) atoms. The van der Waals surface area contributed by atoms with Crippen molar-refractivity contribution in [3.05, 3.63) is 11.1 Å². The van der Waals surface area contributed by atoms with Gasteiger partial charge < -0.3 is 16.2 Å². The Kier molecular flexibility index (Phi) is 3.51. The van der Waals surface area contributed by atoms with Crippen LogP contribution in [0.25, 0.3) is 0 Å². The average Bonchev–Trinajstić information content (AvgIpc) is 2.62. The molecule has 0 saturated heterocycles. The molecule has 0 aromatic carbocycles. The van der Waals surface area contributed by atoms with E-state index < -0.39 is 23.6 Å². The van der Waals surface area contributed by atoms with Crippen LogP contribution in [0.15, 0.2) is 5.38 Å². The predicted octanol–water partition coefficient (Wildman–Crippen LogP) is 0.861. The number of carboxylic acid groups (broad SMARTS) is 1. The molecule has 1 amide bonds. The lowest BCUT2D eigenvalue weighted by Gasteiger charge is -2.28.